The second-order valence-corrected chi connectivity index (χ2v) is 7.80. The number of carbonyl (C=O) groups is 1. The second-order valence-electron chi connectivity index (χ2n) is 7.80. The van der Waals surface area contributed by atoms with E-state index in [-0.39, 0.29) is 24.5 Å². The number of carbonyl (C=O) groups excluding carboxylic acids is 1. The number of ether oxygens (including phenoxy) is 2. The normalized spacial score (nSPS) is 10.7. The Morgan fingerprint density at radius 2 is 1.55 bits per heavy atom. The zero-order chi connectivity index (χ0) is 24.0. The molecule has 1 aromatic heterocycles. The smallest absolute Gasteiger partial charge is 0.406 e. The van der Waals surface area contributed by atoms with E-state index in [0.29, 0.717) is 0 Å². The van der Waals surface area contributed by atoms with Crippen LogP contribution in [0.25, 0.3) is 0 Å². The molecule has 172 valence electrons. The van der Waals surface area contributed by atoms with E-state index in [1.54, 1.807) is 0 Å². The average Bonchev–Trinajstić information content (AvgIpc) is 2.81. The molecule has 0 spiro atoms. The molecule has 7 heteroatoms. The van der Waals surface area contributed by atoms with Crippen molar-refractivity contribution in [3.05, 3.63) is 97.7 Å². The van der Waals surface area contributed by atoms with E-state index in [9.17, 15) is 14.9 Å². The minimum atomic E-state index is -0.621. The number of nitro groups is 1. The van der Waals surface area contributed by atoms with Gasteiger partial charge in [0.25, 0.3) is 0 Å². The largest absolute Gasteiger partial charge is 0.481 e. The third-order valence-corrected chi connectivity index (χ3v) is 5.74. The molecule has 0 N–H and O–H groups in total. The first kappa shape index (κ1) is 23.9. The van der Waals surface area contributed by atoms with Gasteiger partial charge in [-0.15, -0.1) is 0 Å². The van der Waals surface area contributed by atoms with E-state index in [1.807, 2.05) is 64.1 Å². The molecule has 0 aliphatic rings. The molecule has 0 saturated heterocycles. The Balaban J connectivity index is 1.82. The summed E-state index contributed by atoms with van der Waals surface area (Å²) in [5.74, 6) is -1.12. The van der Waals surface area contributed by atoms with E-state index in [1.165, 1.54) is 6.07 Å². The van der Waals surface area contributed by atoms with Crippen LogP contribution in [0, 0.1) is 24.0 Å². The number of esters is 1. The Morgan fingerprint density at radius 3 is 2.09 bits per heavy atom. The fourth-order valence-corrected chi connectivity index (χ4v) is 3.76. The van der Waals surface area contributed by atoms with Crippen LogP contribution in [0.1, 0.15) is 57.6 Å². The molecule has 0 bridgehead atoms. The highest BCUT2D eigenvalue weighted by atomic mass is 16.6. The first-order chi connectivity index (χ1) is 15.8. The highest BCUT2D eigenvalue weighted by Crippen LogP contribution is 2.28. The minimum Gasteiger partial charge on any atom is -0.481 e. The molecule has 3 rings (SSSR count). The monoisotopic (exact) mass is 448 g/mol. The van der Waals surface area contributed by atoms with Crippen LogP contribution in [-0.2, 0) is 30.8 Å². The number of hydrogen-bond donors (Lipinski definition) is 0. The molecule has 2 aromatic carbocycles. The first-order valence-electron chi connectivity index (χ1n) is 10.9. The summed E-state index contributed by atoms with van der Waals surface area (Å²) in [5.41, 5.74) is 6.32. The standard InChI is InChI=1S/C26H28N2O5/c1-5-19-11-7-9-17(3)22(19)15-32-24-13-21(14-27-25(24)28(30)31)26(29)33-16-23-18(4)10-8-12-20(23)6-2/h7-14H,5-6,15-16H2,1-4H3. The minimum absolute atomic E-state index is 0.0649. The highest BCUT2D eigenvalue weighted by Gasteiger charge is 2.22. The fraction of sp³-hybridized carbons (Fsp3) is 0.308. The van der Waals surface area contributed by atoms with Gasteiger partial charge in [0.05, 0.1) is 0 Å². The molecule has 0 fully saturated rings. The summed E-state index contributed by atoms with van der Waals surface area (Å²) in [6.07, 6.45) is 2.78. The van der Waals surface area contributed by atoms with Crippen molar-refractivity contribution in [3.8, 4) is 5.75 Å². The van der Waals surface area contributed by atoms with Gasteiger partial charge in [0, 0.05) is 6.07 Å². The fourth-order valence-electron chi connectivity index (χ4n) is 3.76. The molecule has 7 nitrogen and oxygen atoms in total. The van der Waals surface area contributed by atoms with Gasteiger partial charge in [-0.3, -0.25) is 0 Å². The number of hydrogen-bond acceptors (Lipinski definition) is 6. The number of rotatable bonds is 9. The van der Waals surface area contributed by atoms with E-state index in [2.05, 4.69) is 4.98 Å². The van der Waals surface area contributed by atoms with Crippen LogP contribution in [0.5, 0.6) is 5.75 Å². The third kappa shape index (κ3) is 5.55. The van der Waals surface area contributed by atoms with Crippen LogP contribution >= 0.6 is 0 Å². The zero-order valence-electron chi connectivity index (χ0n) is 19.4. The Bertz CT molecular complexity index is 1170. The lowest BCUT2D eigenvalue weighted by Gasteiger charge is -2.14. The summed E-state index contributed by atoms with van der Waals surface area (Å²) in [4.78, 5) is 27.4. The van der Waals surface area contributed by atoms with Gasteiger partial charge in [0.15, 0.2) is 6.20 Å². The van der Waals surface area contributed by atoms with Gasteiger partial charge in [-0.05, 0) is 70.0 Å². The molecular formula is C26H28N2O5. The number of aryl methyl sites for hydroxylation is 4. The molecule has 3 aromatic rings. The molecule has 0 unspecified atom stereocenters. The maximum Gasteiger partial charge on any atom is 0.406 e. The number of aromatic nitrogens is 1. The number of pyridine rings is 1. The van der Waals surface area contributed by atoms with Crippen molar-refractivity contribution in [1.82, 2.24) is 4.98 Å². The van der Waals surface area contributed by atoms with Crippen LogP contribution in [0.2, 0.25) is 0 Å². The topological polar surface area (TPSA) is 91.6 Å². The van der Waals surface area contributed by atoms with Gasteiger partial charge in [0.1, 0.15) is 18.8 Å². The lowest BCUT2D eigenvalue weighted by atomic mass is 10.0. The van der Waals surface area contributed by atoms with E-state index in [4.69, 9.17) is 9.47 Å². The molecular weight excluding hydrogens is 420 g/mol. The van der Waals surface area contributed by atoms with E-state index < -0.39 is 16.7 Å². The SMILES string of the molecule is CCc1cccc(C)c1COC(=O)c1cnc([N+](=O)[O-])c(OCc2c(C)cccc2CC)c1. The van der Waals surface area contributed by atoms with Crippen molar-refractivity contribution >= 4 is 11.8 Å². The van der Waals surface area contributed by atoms with Gasteiger partial charge >= 0.3 is 11.8 Å². The number of benzene rings is 2. The van der Waals surface area contributed by atoms with Crippen molar-refractivity contribution in [2.45, 2.75) is 53.8 Å². The van der Waals surface area contributed by atoms with Crippen LogP contribution in [0.4, 0.5) is 5.82 Å². The van der Waals surface area contributed by atoms with Crippen LogP contribution in [0.15, 0.2) is 48.7 Å². The quantitative estimate of drug-likeness (QED) is 0.238. The Hall–Kier alpha value is -3.74. The predicted octanol–water partition coefficient (Wildman–Crippen LogP) is 5.67. The molecule has 0 atom stereocenters. The maximum atomic E-state index is 12.7. The molecule has 0 amide bonds. The summed E-state index contributed by atoms with van der Waals surface area (Å²) < 4.78 is 11.3. The van der Waals surface area contributed by atoms with E-state index >= 15 is 0 Å². The van der Waals surface area contributed by atoms with Crippen molar-refractivity contribution < 1.29 is 19.2 Å². The Kier molecular flexibility index (Phi) is 7.77. The molecule has 0 aliphatic heterocycles. The van der Waals surface area contributed by atoms with Gasteiger partial charge in [-0.2, -0.15) is 0 Å². The number of nitrogens with zero attached hydrogens (tertiary/aromatic N) is 2. The molecule has 0 saturated carbocycles. The average molecular weight is 449 g/mol. The molecule has 1 heterocycles. The Labute approximate surface area is 193 Å². The van der Waals surface area contributed by atoms with Crippen LogP contribution < -0.4 is 4.74 Å². The lowest BCUT2D eigenvalue weighted by Crippen LogP contribution is -2.10. The van der Waals surface area contributed by atoms with Gasteiger partial charge in [0.2, 0.25) is 5.75 Å². The van der Waals surface area contributed by atoms with Crippen molar-refractivity contribution in [1.29, 1.82) is 0 Å². The highest BCUT2D eigenvalue weighted by molar-refractivity contribution is 5.89. The summed E-state index contributed by atoms with van der Waals surface area (Å²) >= 11 is 0. The summed E-state index contributed by atoms with van der Waals surface area (Å²) in [7, 11) is 0. The van der Waals surface area contributed by atoms with Gasteiger partial charge < -0.3 is 19.6 Å². The van der Waals surface area contributed by atoms with Crippen LogP contribution in [0.3, 0.4) is 0 Å². The second kappa shape index (κ2) is 10.7. The maximum absolute atomic E-state index is 12.7. The first-order valence-corrected chi connectivity index (χ1v) is 10.9. The molecule has 33 heavy (non-hydrogen) atoms. The molecule has 0 aliphatic carbocycles. The van der Waals surface area contributed by atoms with Gasteiger partial charge in [-0.25, -0.2) is 4.79 Å². The Morgan fingerprint density at radius 1 is 0.970 bits per heavy atom. The lowest BCUT2D eigenvalue weighted by molar-refractivity contribution is -0.390. The van der Waals surface area contributed by atoms with Crippen LogP contribution in [-0.4, -0.2) is 15.9 Å². The molecule has 0 radical (unpaired) electrons. The summed E-state index contributed by atoms with van der Waals surface area (Å²) in [6.45, 7) is 8.27. The predicted molar refractivity (Wildman–Crippen MR) is 125 cm³/mol. The van der Waals surface area contributed by atoms with Crippen molar-refractivity contribution in [2.75, 3.05) is 0 Å². The van der Waals surface area contributed by atoms with E-state index in [0.717, 1.165) is 52.4 Å². The van der Waals surface area contributed by atoms with Crippen molar-refractivity contribution in [2.24, 2.45) is 0 Å². The third-order valence-electron chi connectivity index (χ3n) is 5.74. The zero-order valence-corrected chi connectivity index (χ0v) is 19.4. The summed E-state index contributed by atoms with van der Waals surface area (Å²) in [6, 6.07) is 13.2. The summed E-state index contributed by atoms with van der Waals surface area (Å²) in [5, 5.41) is 11.5. The van der Waals surface area contributed by atoms with Crippen molar-refractivity contribution in [3.63, 3.8) is 0 Å². The van der Waals surface area contributed by atoms with Gasteiger partial charge in [-0.1, -0.05) is 50.2 Å².